The van der Waals surface area contributed by atoms with E-state index in [2.05, 4.69) is 19.9 Å². The van der Waals surface area contributed by atoms with Crippen LogP contribution in [0.2, 0.25) is 0 Å². The first-order valence-electron chi connectivity index (χ1n) is 8.40. The Kier molecular flexibility index (Phi) is 4.54. The zero-order chi connectivity index (χ0) is 19.7. The first kappa shape index (κ1) is 17.7. The molecule has 3 aromatic heterocycles. The Bertz CT molecular complexity index is 1220. The molecule has 0 unspecified atom stereocenters. The van der Waals surface area contributed by atoms with Crippen LogP contribution in [0, 0.1) is 6.92 Å². The lowest BCUT2D eigenvalue weighted by molar-refractivity contribution is -0.113. The number of hydrogen-bond donors (Lipinski definition) is 2. The summed E-state index contributed by atoms with van der Waals surface area (Å²) >= 11 is 1.38. The van der Waals surface area contributed by atoms with Crippen molar-refractivity contribution in [1.29, 1.82) is 0 Å². The Morgan fingerprint density at radius 3 is 2.61 bits per heavy atom. The number of carbonyl (C=O) groups excluding carboxylic acids is 2. The smallest absolute Gasteiger partial charge is 0.241 e. The normalized spacial score (nSPS) is 11.3. The summed E-state index contributed by atoms with van der Waals surface area (Å²) in [6.45, 7) is 1.87. The van der Waals surface area contributed by atoms with Gasteiger partial charge in [-0.15, -0.1) is 11.3 Å². The van der Waals surface area contributed by atoms with E-state index in [9.17, 15) is 9.59 Å². The number of ketones is 1. The SMILES string of the molecule is Cc1ncc(C(=O)c2ccc(-c3cnc4[nH]cc(C=CC(N)=O)c4n3)cc2)s1. The third kappa shape index (κ3) is 3.45. The van der Waals surface area contributed by atoms with Crippen molar-refractivity contribution in [3.63, 3.8) is 0 Å². The highest BCUT2D eigenvalue weighted by Gasteiger charge is 2.13. The quantitative estimate of drug-likeness (QED) is 0.402. The topological polar surface area (TPSA) is 115 Å². The lowest BCUT2D eigenvalue weighted by Crippen LogP contribution is -2.05. The molecule has 0 saturated carbocycles. The van der Waals surface area contributed by atoms with Crippen LogP contribution in [0.3, 0.4) is 0 Å². The molecule has 28 heavy (non-hydrogen) atoms. The van der Waals surface area contributed by atoms with E-state index in [0.717, 1.165) is 16.1 Å². The minimum absolute atomic E-state index is 0.0526. The summed E-state index contributed by atoms with van der Waals surface area (Å²) in [4.78, 5) is 40.2. The van der Waals surface area contributed by atoms with E-state index in [-0.39, 0.29) is 5.78 Å². The maximum atomic E-state index is 12.5. The summed E-state index contributed by atoms with van der Waals surface area (Å²) in [6.07, 6.45) is 7.84. The van der Waals surface area contributed by atoms with Gasteiger partial charge in [-0.05, 0) is 13.0 Å². The first-order valence-corrected chi connectivity index (χ1v) is 9.22. The Morgan fingerprint density at radius 2 is 1.93 bits per heavy atom. The van der Waals surface area contributed by atoms with E-state index in [0.29, 0.717) is 27.3 Å². The Hall–Kier alpha value is -3.65. The van der Waals surface area contributed by atoms with Gasteiger partial charge in [0, 0.05) is 35.2 Å². The van der Waals surface area contributed by atoms with Crippen molar-refractivity contribution in [2.75, 3.05) is 0 Å². The van der Waals surface area contributed by atoms with Gasteiger partial charge in [0.2, 0.25) is 11.7 Å². The van der Waals surface area contributed by atoms with Gasteiger partial charge in [0.15, 0.2) is 5.65 Å². The largest absolute Gasteiger partial charge is 0.366 e. The number of primary amides is 1. The molecule has 1 aromatic carbocycles. The molecule has 0 saturated heterocycles. The number of carbonyl (C=O) groups is 2. The predicted octanol–water partition coefficient (Wildman–Crippen LogP) is 3.12. The molecule has 0 fully saturated rings. The van der Waals surface area contributed by atoms with E-state index < -0.39 is 5.91 Å². The number of thiazole rings is 1. The maximum absolute atomic E-state index is 12.5. The second-order valence-electron chi connectivity index (χ2n) is 6.08. The lowest BCUT2D eigenvalue weighted by Gasteiger charge is -2.03. The molecule has 3 N–H and O–H groups in total. The van der Waals surface area contributed by atoms with Crippen molar-refractivity contribution in [2.45, 2.75) is 6.92 Å². The molecule has 0 radical (unpaired) electrons. The van der Waals surface area contributed by atoms with Gasteiger partial charge in [-0.1, -0.05) is 24.3 Å². The van der Waals surface area contributed by atoms with Crippen molar-refractivity contribution >= 4 is 40.3 Å². The molecule has 1 amide bonds. The second kappa shape index (κ2) is 7.16. The Morgan fingerprint density at radius 1 is 1.14 bits per heavy atom. The van der Waals surface area contributed by atoms with Crippen LogP contribution in [0.5, 0.6) is 0 Å². The molecular formula is C20H15N5O2S. The molecular weight excluding hydrogens is 374 g/mol. The standard InChI is InChI=1S/C20H15N5O2S/c1-11-22-10-16(28-11)19(27)13-4-2-12(3-5-13)15-9-24-20-18(25-15)14(8-23-20)6-7-17(21)26/h2-10H,1H3,(H2,21,26)(H,23,24). The Labute approximate surface area is 164 Å². The van der Waals surface area contributed by atoms with Gasteiger partial charge in [-0.3, -0.25) is 9.59 Å². The fraction of sp³-hybridized carbons (Fsp3) is 0.0500. The van der Waals surface area contributed by atoms with Crippen molar-refractivity contribution < 1.29 is 9.59 Å². The number of aromatic amines is 1. The highest BCUT2D eigenvalue weighted by molar-refractivity contribution is 7.13. The molecule has 7 nitrogen and oxygen atoms in total. The number of nitrogens with two attached hydrogens (primary N) is 1. The zero-order valence-corrected chi connectivity index (χ0v) is 15.7. The van der Waals surface area contributed by atoms with E-state index in [1.807, 2.05) is 19.1 Å². The maximum Gasteiger partial charge on any atom is 0.241 e. The van der Waals surface area contributed by atoms with Crippen LogP contribution in [0.1, 0.15) is 25.8 Å². The van der Waals surface area contributed by atoms with E-state index in [1.54, 1.807) is 36.8 Å². The molecule has 8 heteroatoms. The van der Waals surface area contributed by atoms with Gasteiger partial charge in [-0.25, -0.2) is 15.0 Å². The number of aromatic nitrogens is 4. The summed E-state index contributed by atoms with van der Waals surface area (Å²) in [7, 11) is 0. The molecule has 0 bridgehead atoms. The molecule has 0 atom stereocenters. The minimum atomic E-state index is -0.533. The zero-order valence-electron chi connectivity index (χ0n) is 14.8. The van der Waals surface area contributed by atoms with Crippen LogP contribution in [0.4, 0.5) is 0 Å². The van der Waals surface area contributed by atoms with Gasteiger partial charge in [0.1, 0.15) is 5.52 Å². The van der Waals surface area contributed by atoms with Crippen molar-refractivity contribution in [3.8, 4) is 11.3 Å². The number of benzene rings is 1. The molecule has 138 valence electrons. The predicted molar refractivity (Wildman–Crippen MR) is 108 cm³/mol. The molecule has 0 aliphatic rings. The fourth-order valence-electron chi connectivity index (χ4n) is 2.75. The lowest BCUT2D eigenvalue weighted by atomic mass is 10.1. The highest BCUT2D eigenvalue weighted by atomic mass is 32.1. The van der Waals surface area contributed by atoms with Crippen LogP contribution < -0.4 is 5.73 Å². The van der Waals surface area contributed by atoms with Gasteiger partial charge in [0.05, 0.1) is 21.8 Å². The molecule has 4 rings (SSSR count). The second-order valence-corrected chi connectivity index (χ2v) is 7.32. The van der Waals surface area contributed by atoms with E-state index in [1.165, 1.54) is 17.4 Å². The summed E-state index contributed by atoms with van der Waals surface area (Å²) < 4.78 is 0. The first-order chi connectivity index (χ1) is 13.5. The van der Waals surface area contributed by atoms with Crippen molar-refractivity contribution in [1.82, 2.24) is 19.9 Å². The van der Waals surface area contributed by atoms with Gasteiger partial charge in [-0.2, -0.15) is 0 Å². The number of rotatable bonds is 5. The number of hydrogen-bond acceptors (Lipinski definition) is 6. The number of nitrogens with zero attached hydrogens (tertiary/aromatic N) is 3. The monoisotopic (exact) mass is 389 g/mol. The summed E-state index contributed by atoms with van der Waals surface area (Å²) in [5, 5.41) is 0.858. The third-order valence-corrected chi connectivity index (χ3v) is 5.04. The number of fused-ring (bicyclic) bond motifs is 1. The number of nitrogens with one attached hydrogen (secondary N) is 1. The van der Waals surface area contributed by atoms with E-state index in [4.69, 9.17) is 5.73 Å². The Balaban J connectivity index is 1.65. The van der Waals surface area contributed by atoms with Crippen molar-refractivity contribution in [2.24, 2.45) is 5.73 Å². The van der Waals surface area contributed by atoms with Crippen LogP contribution in [-0.4, -0.2) is 31.6 Å². The number of amides is 1. The number of H-pyrrole nitrogens is 1. The molecule has 0 spiro atoms. The summed E-state index contributed by atoms with van der Waals surface area (Å²) in [6, 6.07) is 7.21. The molecule has 0 aliphatic heterocycles. The van der Waals surface area contributed by atoms with Crippen LogP contribution >= 0.6 is 11.3 Å². The van der Waals surface area contributed by atoms with E-state index >= 15 is 0 Å². The van der Waals surface area contributed by atoms with Crippen LogP contribution in [-0.2, 0) is 4.79 Å². The fourth-order valence-corrected chi connectivity index (χ4v) is 3.49. The highest BCUT2D eigenvalue weighted by Crippen LogP contribution is 2.23. The molecule has 0 aliphatic carbocycles. The summed E-state index contributed by atoms with van der Waals surface area (Å²) in [5.41, 5.74) is 9.20. The van der Waals surface area contributed by atoms with Gasteiger partial charge < -0.3 is 10.7 Å². The molecule has 3 heterocycles. The van der Waals surface area contributed by atoms with Gasteiger partial charge in [0.25, 0.3) is 0 Å². The minimum Gasteiger partial charge on any atom is -0.366 e. The van der Waals surface area contributed by atoms with Crippen molar-refractivity contribution in [3.05, 3.63) is 69.9 Å². The average molecular weight is 389 g/mol. The average Bonchev–Trinajstić information content (AvgIpc) is 3.31. The molecule has 4 aromatic rings. The summed E-state index contributed by atoms with van der Waals surface area (Å²) in [5.74, 6) is -0.585. The van der Waals surface area contributed by atoms with Gasteiger partial charge >= 0.3 is 0 Å². The van der Waals surface area contributed by atoms with Crippen LogP contribution in [0.15, 0.2) is 48.9 Å². The third-order valence-electron chi connectivity index (χ3n) is 4.13. The number of aryl methyl sites for hydroxylation is 1. The van der Waals surface area contributed by atoms with Crippen LogP contribution in [0.25, 0.3) is 28.5 Å².